The van der Waals surface area contributed by atoms with Crippen molar-refractivity contribution in [1.29, 1.82) is 0 Å². The SMILES string of the molecule is O[SH+]c1ccccc1.c1ccc(CCN(Cc2ccccc2)C2CCNCC2)cc1. The molecular weight excluding hydrogens is 388 g/mol. The second-order valence-corrected chi connectivity index (χ2v) is 8.32. The molecule has 0 aliphatic carbocycles. The van der Waals surface area contributed by atoms with Crippen LogP contribution in [0.2, 0.25) is 0 Å². The molecule has 0 aromatic heterocycles. The third kappa shape index (κ3) is 7.96. The molecule has 4 rings (SSSR count). The largest absolute Gasteiger partial charge is 0.317 e. The van der Waals surface area contributed by atoms with Crippen molar-refractivity contribution >= 4 is 12.0 Å². The molecule has 1 aliphatic heterocycles. The highest BCUT2D eigenvalue weighted by molar-refractivity contribution is 7.72. The summed E-state index contributed by atoms with van der Waals surface area (Å²) in [5.41, 5.74) is 2.86. The Morgan fingerprint density at radius 1 is 0.767 bits per heavy atom. The average molecular weight is 422 g/mol. The topological polar surface area (TPSA) is 35.5 Å². The van der Waals surface area contributed by atoms with Gasteiger partial charge >= 0.3 is 0 Å². The molecule has 30 heavy (non-hydrogen) atoms. The fraction of sp³-hybridized carbons (Fsp3) is 0.308. The van der Waals surface area contributed by atoms with E-state index in [1.165, 1.54) is 24.0 Å². The van der Waals surface area contributed by atoms with Crippen molar-refractivity contribution < 1.29 is 4.55 Å². The van der Waals surface area contributed by atoms with Crippen LogP contribution in [0.5, 0.6) is 0 Å². The number of hydrogen-bond donors (Lipinski definition) is 2. The van der Waals surface area contributed by atoms with Crippen LogP contribution in [0, 0.1) is 0 Å². The molecule has 3 nitrogen and oxygen atoms in total. The zero-order valence-electron chi connectivity index (χ0n) is 17.5. The fourth-order valence-electron chi connectivity index (χ4n) is 3.79. The first-order chi connectivity index (χ1) is 14.8. The molecule has 0 bridgehead atoms. The molecule has 0 saturated carbocycles. The Kier molecular flexibility index (Phi) is 9.97. The van der Waals surface area contributed by atoms with Gasteiger partial charge in [-0.25, -0.2) is 0 Å². The Labute approximate surface area is 185 Å². The Morgan fingerprint density at radius 2 is 1.30 bits per heavy atom. The Morgan fingerprint density at radius 3 is 1.83 bits per heavy atom. The van der Waals surface area contributed by atoms with Gasteiger partial charge in [-0.3, -0.25) is 4.90 Å². The molecule has 0 amide bonds. The first kappa shape index (κ1) is 22.6. The molecule has 1 heterocycles. The lowest BCUT2D eigenvalue weighted by atomic mass is 10.0. The standard InChI is InChI=1S/C20H26N2.C6H6OS/c1-3-7-18(8-4-1)13-16-22(20-11-14-21-15-12-20)17-19-9-5-2-6-10-19;7-8-6-4-2-1-3-5-6/h1-10,20-21H,11-17H2;1-5,7H/p+1. The lowest BCUT2D eigenvalue weighted by Gasteiger charge is -2.35. The van der Waals surface area contributed by atoms with Gasteiger partial charge in [0.25, 0.3) is 0 Å². The maximum Gasteiger partial charge on any atom is 0.187 e. The highest BCUT2D eigenvalue weighted by Gasteiger charge is 2.20. The normalized spacial score (nSPS) is 14.2. The Bertz CT molecular complexity index is 808. The van der Waals surface area contributed by atoms with E-state index >= 15 is 0 Å². The summed E-state index contributed by atoms with van der Waals surface area (Å²) in [6.45, 7) is 4.52. The van der Waals surface area contributed by atoms with E-state index < -0.39 is 0 Å². The number of benzene rings is 3. The van der Waals surface area contributed by atoms with Gasteiger partial charge in [0.15, 0.2) is 16.9 Å². The van der Waals surface area contributed by atoms with Gasteiger partial charge in [-0.15, -0.1) is 0 Å². The van der Waals surface area contributed by atoms with Gasteiger partial charge in [0.2, 0.25) is 0 Å². The minimum Gasteiger partial charge on any atom is -0.317 e. The van der Waals surface area contributed by atoms with Crippen LogP contribution >= 0.6 is 0 Å². The van der Waals surface area contributed by atoms with Crippen LogP contribution in [0.1, 0.15) is 24.0 Å². The van der Waals surface area contributed by atoms with Crippen molar-refractivity contribution in [2.45, 2.75) is 36.7 Å². The Balaban J connectivity index is 0.000000269. The predicted molar refractivity (Wildman–Crippen MR) is 129 cm³/mol. The number of nitrogens with one attached hydrogen (secondary N) is 1. The molecule has 3 aromatic rings. The van der Waals surface area contributed by atoms with Crippen LogP contribution < -0.4 is 5.32 Å². The fourth-order valence-corrected chi connectivity index (χ4v) is 4.10. The van der Waals surface area contributed by atoms with Gasteiger partial charge in [0.05, 0.1) is 0 Å². The van der Waals surface area contributed by atoms with Crippen LogP contribution in [-0.2, 0) is 25.0 Å². The number of nitrogens with zero attached hydrogens (tertiary/aromatic N) is 1. The smallest absolute Gasteiger partial charge is 0.187 e. The van der Waals surface area contributed by atoms with Crippen LogP contribution in [0.4, 0.5) is 0 Å². The second kappa shape index (κ2) is 13.2. The first-order valence-corrected chi connectivity index (χ1v) is 11.6. The van der Waals surface area contributed by atoms with Gasteiger partial charge in [-0.2, -0.15) is 4.55 Å². The summed E-state index contributed by atoms with van der Waals surface area (Å²) in [5.74, 6) is 0. The second-order valence-electron chi connectivity index (χ2n) is 7.61. The van der Waals surface area contributed by atoms with Crippen molar-refractivity contribution in [3.05, 3.63) is 102 Å². The summed E-state index contributed by atoms with van der Waals surface area (Å²) in [5, 5.41) is 3.48. The van der Waals surface area contributed by atoms with Crippen molar-refractivity contribution in [2.24, 2.45) is 0 Å². The van der Waals surface area contributed by atoms with Crippen molar-refractivity contribution in [1.82, 2.24) is 10.2 Å². The van der Waals surface area contributed by atoms with E-state index in [-0.39, 0.29) is 0 Å². The van der Waals surface area contributed by atoms with E-state index in [0.29, 0.717) is 18.1 Å². The minimum absolute atomic E-state index is 0.349. The van der Waals surface area contributed by atoms with Crippen LogP contribution in [0.3, 0.4) is 0 Å². The number of piperidine rings is 1. The highest BCUT2D eigenvalue weighted by atomic mass is 32.2. The maximum atomic E-state index is 8.51. The van der Waals surface area contributed by atoms with Gasteiger partial charge in [-0.05, 0) is 55.6 Å². The number of thiol groups is 1. The van der Waals surface area contributed by atoms with E-state index in [1.807, 2.05) is 30.3 Å². The molecule has 0 unspecified atom stereocenters. The summed E-state index contributed by atoms with van der Waals surface area (Å²) in [7, 11) is 0. The van der Waals surface area contributed by atoms with E-state index in [2.05, 4.69) is 70.9 Å². The highest BCUT2D eigenvalue weighted by Crippen LogP contribution is 2.16. The summed E-state index contributed by atoms with van der Waals surface area (Å²) in [4.78, 5) is 3.62. The van der Waals surface area contributed by atoms with Gasteiger partial charge in [0.1, 0.15) is 0 Å². The maximum absolute atomic E-state index is 8.51. The summed E-state index contributed by atoms with van der Waals surface area (Å²) in [6.07, 6.45) is 3.67. The van der Waals surface area contributed by atoms with Crippen molar-refractivity contribution in [2.75, 3.05) is 19.6 Å². The lowest BCUT2D eigenvalue weighted by Crippen LogP contribution is -2.43. The molecule has 2 N–H and O–H groups in total. The number of hydrogen-bond acceptors (Lipinski definition) is 3. The molecule has 0 spiro atoms. The van der Waals surface area contributed by atoms with E-state index in [4.69, 9.17) is 4.55 Å². The van der Waals surface area contributed by atoms with Crippen LogP contribution in [0.25, 0.3) is 0 Å². The average Bonchev–Trinajstić information content (AvgIpc) is 2.84. The van der Waals surface area contributed by atoms with Crippen molar-refractivity contribution in [3.63, 3.8) is 0 Å². The quantitative estimate of drug-likeness (QED) is 0.424. The first-order valence-electron chi connectivity index (χ1n) is 10.8. The monoisotopic (exact) mass is 421 g/mol. The molecule has 1 aliphatic rings. The molecule has 3 aromatic carbocycles. The minimum atomic E-state index is 0.349. The number of rotatable bonds is 7. The zero-order chi connectivity index (χ0) is 20.9. The third-order valence-corrected chi connectivity index (χ3v) is 5.98. The van der Waals surface area contributed by atoms with Gasteiger partial charge < -0.3 is 5.32 Å². The lowest BCUT2D eigenvalue weighted by molar-refractivity contribution is 0.155. The summed E-state index contributed by atoms with van der Waals surface area (Å²) < 4.78 is 8.51. The molecule has 1 saturated heterocycles. The van der Waals surface area contributed by atoms with Gasteiger partial charge in [-0.1, -0.05) is 78.9 Å². The van der Waals surface area contributed by atoms with E-state index in [9.17, 15) is 0 Å². The molecule has 4 heteroatoms. The summed E-state index contributed by atoms with van der Waals surface area (Å²) >= 11 is 0.349. The predicted octanol–water partition coefficient (Wildman–Crippen LogP) is 4.82. The Hall–Kier alpha value is -2.11. The molecule has 1 fully saturated rings. The van der Waals surface area contributed by atoms with E-state index in [0.717, 1.165) is 37.5 Å². The van der Waals surface area contributed by atoms with Gasteiger partial charge in [0, 0.05) is 19.1 Å². The molecule has 0 radical (unpaired) electrons. The van der Waals surface area contributed by atoms with Crippen molar-refractivity contribution in [3.8, 4) is 0 Å². The third-order valence-electron chi connectivity index (χ3n) is 5.46. The zero-order valence-corrected chi connectivity index (χ0v) is 18.4. The summed E-state index contributed by atoms with van der Waals surface area (Å²) in [6, 6.07) is 31.9. The van der Waals surface area contributed by atoms with Crippen LogP contribution in [0.15, 0.2) is 95.9 Å². The molecular formula is C26H33N2OS+. The molecule has 0 atom stereocenters. The van der Waals surface area contributed by atoms with E-state index in [1.54, 1.807) is 0 Å². The van der Waals surface area contributed by atoms with Crippen LogP contribution in [-0.4, -0.2) is 35.1 Å². The molecule has 158 valence electrons.